The number of hydrogen-bond donors (Lipinski definition) is 0. The largest absolute Gasteiger partial charge is 0.338 e. The van der Waals surface area contributed by atoms with E-state index in [1.165, 1.54) is 0 Å². The molecule has 0 fully saturated rings. The molecule has 0 unspecified atom stereocenters. The fraction of sp³-hybridized carbons (Fsp3) is 0.333. The lowest BCUT2D eigenvalue weighted by molar-refractivity contribution is 0.112. The SMILES string of the molecule is Cc1nc2c(C=O)c(C)n(C)c2s1. The van der Waals surface area contributed by atoms with E-state index in [0.29, 0.717) is 0 Å². The van der Waals surface area contributed by atoms with E-state index >= 15 is 0 Å². The van der Waals surface area contributed by atoms with Crippen LogP contribution < -0.4 is 0 Å². The first-order valence-corrected chi connectivity index (χ1v) is 4.84. The Hall–Kier alpha value is -1.16. The van der Waals surface area contributed by atoms with Crippen molar-refractivity contribution in [2.45, 2.75) is 13.8 Å². The van der Waals surface area contributed by atoms with Crippen LogP contribution in [0.25, 0.3) is 10.3 Å². The van der Waals surface area contributed by atoms with Gasteiger partial charge in [0, 0.05) is 12.7 Å². The molecule has 0 spiro atoms. The number of fused-ring (bicyclic) bond motifs is 1. The van der Waals surface area contributed by atoms with Gasteiger partial charge in [0.05, 0.1) is 10.6 Å². The van der Waals surface area contributed by atoms with Gasteiger partial charge in [0.1, 0.15) is 10.3 Å². The van der Waals surface area contributed by atoms with E-state index in [0.717, 1.165) is 32.9 Å². The normalized spacial score (nSPS) is 11.0. The Balaban J connectivity index is 2.94. The number of nitrogens with zero attached hydrogens (tertiary/aromatic N) is 2. The van der Waals surface area contributed by atoms with Crippen molar-refractivity contribution in [2.75, 3.05) is 0 Å². The van der Waals surface area contributed by atoms with Crippen LogP contribution in [0.3, 0.4) is 0 Å². The average molecular weight is 194 g/mol. The van der Waals surface area contributed by atoms with Crippen LogP contribution >= 0.6 is 11.3 Å². The fourth-order valence-corrected chi connectivity index (χ4v) is 2.41. The van der Waals surface area contributed by atoms with Crippen LogP contribution in [0.15, 0.2) is 0 Å². The van der Waals surface area contributed by atoms with Gasteiger partial charge in [-0.2, -0.15) is 0 Å². The number of thiazole rings is 1. The zero-order chi connectivity index (χ0) is 9.59. The van der Waals surface area contributed by atoms with Gasteiger partial charge in [-0.3, -0.25) is 4.79 Å². The highest BCUT2D eigenvalue weighted by molar-refractivity contribution is 7.18. The Bertz CT molecular complexity index is 481. The van der Waals surface area contributed by atoms with E-state index < -0.39 is 0 Å². The monoisotopic (exact) mass is 194 g/mol. The summed E-state index contributed by atoms with van der Waals surface area (Å²) in [5.74, 6) is 0. The van der Waals surface area contributed by atoms with E-state index in [1.54, 1.807) is 11.3 Å². The van der Waals surface area contributed by atoms with Gasteiger partial charge in [-0.15, -0.1) is 11.3 Å². The molecule has 0 saturated heterocycles. The van der Waals surface area contributed by atoms with Crippen molar-refractivity contribution in [3.63, 3.8) is 0 Å². The molecule has 0 aromatic carbocycles. The standard InChI is InChI=1S/C9H10N2OS/c1-5-7(4-12)8-9(11(5)3)13-6(2)10-8/h4H,1-3H3. The molecule has 13 heavy (non-hydrogen) atoms. The minimum Gasteiger partial charge on any atom is -0.338 e. The lowest BCUT2D eigenvalue weighted by Crippen LogP contribution is -1.91. The van der Waals surface area contributed by atoms with Gasteiger partial charge >= 0.3 is 0 Å². The predicted octanol–water partition coefficient (Wildman–Crippen LogP) is 2.06. The summed E-state index contributed by atoms with van der Waals surface area (Å²) in [6.45, 7) is 3.89. The van der Waals surface area contributed by atoms with E-state index in [2.05, 4.69) is 4.98 Å². The summed E-state index contributed by atoms with van der Waals surface area (Å²) in [6.07, 6.45) is 0.886. The molecule has 0 atom stereocenters. The summed E-state index contributed by atoms with van der Waals surface area (Å²) in [6, 6.07) is 0. The molecule has 68 valence electrons. The lowest BCUT2D eigenvalue weighted by Gasteiger charge is -1.95. The highest BCUT2D eigenvalue weighted by Gasteiger charge is 2.14. The maximum absolute atomic E-state index is 10.8. The smallest absolute Gasteiger partial charge is 0.154 e. The molecule has 0 aliphatic heterocycles. The summed E-state index contributed by atoms with van der Waals surface area (Å²) in [4.78, 5) is 16.2. The van der Waals surface area contributed by atoms with E-state index in [-0.39, 0.29) is 0 Å². The highest BCUT2D eigenvalue weighted by Crippen LogP contribution is 2.27. The average Bonchev–Trinajstić information content (AvgIpc) is 2.54. The summed E-state index contributed by atoms with van der Waals surface area (Å²) in [7, 11) is 1.96. The lowest BCUT2D eigenvalue weighted by atomic mass is 10.2. The van der Waals surface area contributed by atoms with Gasteiger partial charge < -0.3 is 4.57 Å². The number of aromatic nitrogens is 2. The summed E-state index contributed by atoms with van der Waals surface area (Å²) in [5, 5.41) is 1.00. The number of rotatable bonds is 1. The van der Waals surface area contributed by atoms with Crippen molar-refractivity contribution in [3.05, 3.63) is 16.3 Å². The second-order valence-corrected chi connectivity index (χ2v) is 4.24. The molecule has 2 heterocycles. The molecule has 0 bridgehead atoms. The molecule has 4 heteroatoms. The van der Waals surface area contributed by atoms with Crippen LogP contribution in [0.2, 0.25) is 0 Å². The zero-order valence-electron chi connectivity index (χ0n) is 7.79. The van der Waals surface area contributed by atoms with Crippen LogP contribution in [0.4, 0.5) is 0 Å². The first kappa shape index (κ1) is 8.44. The highest BCUT2D eigenvalue weighted by atomic mass is 32.1. The Labute approximate surface area is 80.0 Å². The van der Waals surface area contributed by atoms with Crippen molar-refractivity contribution < 1.29 is 4.79 Å². The molecule has 3 nitrogen and oxygen atoms in total. The number of carbonyl (C=O) groups is 1. The quantitative estimate of drug-likeness (QED) is 0.651. The molecular formula is C9H10N2OS. The number of aryl methyl sites for hydroxylation is 2. The molecule has 0 N–H and O–H groups in total. The van der Waals surface area contributed by atoms with Crippen molar-refractivity contribution >= 4 is 28.0 Å². The first-order valence-electron chi connectivity index (χ1n) is 4.02. The van der Waals surface area contributed by atoms with Gasteiger partial charge in [-0.25, -0.2) is 4.98 Å². The second kappa shape index (κ2) is 2.67. The van der Waals surface area contributed by atoms with Gasteiger partial charge in [0.15, 0.2) is 6.29 Å². The van der Waals surface area contributed by atoms with Gasteiger partial charge in [0.25, 0.3) is 0 Å². The van der Waals surface area contributed by atoms with Crippen LogP contribution in [0.1, 0.15) is 21.1 Å². The third kappa shape index (κ3) is 1.02. The second-order valence-electron chi connectivity index (χ2n) is 3.06. The maximum atomic E-state index is 10.8. The van der Waals surface area contributed by atoms with Crippen LogP contribution in [0.5, 0.6) is 0 Å². The predicted molar refractivity (Wildman–Crippen MR) is 53.5 cm³/mol. The van der Waals surface area contributed by atoms with E-state index in [1.807, 2.05) is 25.5 Å². The molecule has 0 radical (unpaired) electrons. The molecular weight excluding hydrogens is 184 g/mol. The van der Waals surface area contributed by atoms with Gasteiger partial charge in [0.2, 0.25) is 0 Å². The molecule has 0 amide bonds. The Morgan fingerprint density at radius 3 is 2.77 bits per heavy atom. The number of carbonyl (C=O) groups excluding carboxylic acids is 1. The van der Waals surface area contributed by atoms with Gasteiger partial charge in [-0.1, -0.05) is 0 Å². The third-order valence-electron chi connectivity index (χ3n) is 2.29. The van der Waals surface area contributed by atoms with Crippen LogP contribution in [0, 0.1) is 13.8 Å². The maximum Gasteiger partial charge on any atom is 0.154 e. The Morgan fingerprint density at radius 1 is 1.46 bits per heavy atom. The van der Waals surface area contributed by atoms with Gasteiger partial charge in [-0.05, 0) is 13.8 Å². The minimum atomic E-state index is 0.724. The molecule has 2 aromatic heterocycles. The number of aldehydes is 1. The summed E-state index contributed by atoms with van der Waals surface area (Å²) in [5.41, 5.74) is 2.56. The molecule has 2 aromatic rings. The van der Waals surface area contributed by atoms with Crippen molar-refractivity contribution in [1.29, 1.82) is 0 Å². The summed E-state index contributed by atoms with van der Waals surface area (Å²) >= 11 is 1.62. The van der Waals surface area contributed by atoms with Crippen molar-refractivity contribution in [2.24, 2.45) is 7.05 Å². The Kier molecular flexibility index (Phi) is 1.73. The first-order chi connectivity index (χ1) is 6.15. The van der Waals surface area contributed by atoms with E-state index in [4.69, 9.17) is 0 Å². The minimum absolute atomic E-state index is 0.724. The topological polar surface area (TPSA) is 34.9 Å². The van der Waals surface area contributed by atoms with Crippen LogP contribution in [-0.2, 0) is 7.05 Å². The fourth-order valence-electron chi connectivity index (χ4n) is 1.46. The third-order valence-corrected chi connectivity index (χ3v) is 3.33. The van der Waals surface area contributed by atoms with Crippen molar-refractivity contribution in [3.8, 4) is 0 Å². The Morgan fingerprint density at radius 2 is 2.15 bits per heavy atom. The summed E-state index contributed by atoms with van der Waals surface area (Å²) < 4.78 is 2.02. The molecule has 2 rings (SSSR count). The van der Waals surface area contributed by atoms with Crippen molar-refractivity contribution in [1.82, 2.24) is 9.55 Å². The van der Waals surface area contributed by atoms with E-state index in [9.17, 15) is 4.79 Å². The molecule has 0 aliphatic carbocycles. The molecule has 0 saturated carbocycles. The molecule has 0 aliphatic rings. The number of hydrogen-bond acceptors (Lipinski definition) is 3. The van der Waals surface area contributed by atoms with Crippen LogP contribution in [-0.4, -0.2) is 15.8 Å². The zero-order valence-corrected chi connectivity index (χ0v) is 8.60.